The van der Waals surface area contributed by atoms with E-state index >= 15 is 0 Å². The molecule has 2 atom stereocenters. The maximum atomic E-state index is 14.3. The highest BCUT2D eigenvalue weighted by atomic mass is 35.5. The fourth-order valence-corrected chi connectivity index (χ4v) is 6.66. The fourth-order valence-electron chi connectivity index (χ4n) is 5.03. The number of amides is 1. The lowest BCUT2D eigenvalue weighted by Crippen LogP contribution is -2.42. The second kappa shape index (κ2) is 11.7. The Bertz CT molecular complexity index is 1730. The largest absolute Gasteiger partial charge is 0.465 e. The number of halogens is 5. The van der Waals surface area contributed by atoms with E-state index < -0.39 is 73.9 Å². The lowest BCUT2D eigenvalue weighted by atomic mass is 9.90. The zero-order chi connectivity index (χ0) is 30.3. The number of hydrogen-bond acceptors (Lipinski definition) is 6. The first-order valence-electron chi connectivity index (χ1n) is 12.4. The summed E-state index contributed by atoms with van der Waals surface area (Å²) in [6, 6.07) is 3.44. The summed E-state index contributed by atoms with van der Waals surface area (Å²) in [6.07, 6.45) is -6.35. The Morgan fingerprint density at radius 3 is 2.54 bits per heavy atom. The van der Waals surface area contributed by atoms with E-state index in [0.29, 0.717) is 30.1 Å². The highest BCUT2D eigenvalue weighted by molar-refractivity contribution is 7.91. The summed E-state index contributed by atoms with van der Waals surface area (Å²) in [5.41, 5.74) is -4.27. The Balaban J connectivity index is 1.90. The standard InChI is InChI=1S/C25H25Cl2F3N4O6S/c1-2-41(39,40)19-4-3-14(26)7-13(19)11-34-22(35)16-8-17(25(28,29)30)15(20(27)21(16)33-23(34)36)9-18(32-24(37)38)12-5-6-31-10-12/h3-4,7-8,12,18,31-32H,2,5-6,9-11H2,1H3,(H,33,36)(H,37,38)/t12?,18-/m0/s1. The van der Waals surface area contributed by atoms with Crippen LogP contribution in [-0.4, -0.2) is 54.1 Å². The molecule has 16 heteroatoms. The zero-order valence-corrected chi connectivity index (χ0v) is 23.8. The van der Waals surface area contributed by atoms with E-state index in [9.17, 15) is 41.1 Å². The molecule has 1 aromatic heterocycles. The van der Waals surface area contributed by atoms with Gasteiger partial charge in [-0.15, -0.1) is 0 Å². The molecule has 41 heavy (non-hydrogen) atoms. The average molecular weight is 637 g/mol. The van der Waals surface area contributed by atoms with Crippen LogP contribution in [-0.2, 0) is 29.0 Å². The van der Waals surface area contributed by atoms with E-state index in [2.05, 4.69) is 15.6 Å². The zero-order valence-electron chi connectivity index (χ0n) is 21.4. The van der Waals surface area contributed by atoms with Crippen LogP contribution in [0.1, 0.15) is 30.0 Å². The van der Waals surface area contributed by atoms with Crippen molar-refractivity contribution in [2.75, 3.05) is 18.8 Å². The van der Waals surface area contributed by atoms with E-state index in [4.69, 9.17) is 23.2 Å². The van der Waals surface area contributed by atoms with Crippen molar-refractivity contribution in [3.8, 4) is 0 Å². The Morgan fingerprint density at radius 1 is 1.24 bits per heavy atom. The molecule has 2 heterocycles. The molecule has 0 saturated carbocycles. The second-order valence-electron chi connectivity index (χ2n) is 9.63. The number of carboxylic acid groups (broad SMARTS) is 1. The minimum absolute atomic E-state index is 0.00202. The van der Waals surface area contributed by atoms with Crippen molar-refractivity contribution in [1.29, 1.82) is 0 Å². The second-order valence-corrected chi connectivity index (χ2v) is 12.7. The predicted octanol–water partition coefficient (Wildman–Crippen LogP) is 3.65. The molecule has 1 fully saturated rings. The number of aromatic amines is 1. The van der Waals surface area contributed by atoms with E-state index in [0.717, 1.165) is 0 Å². The molecule has 222 valence electrons. The van der Waals surface area contributed by atoms with Crippen LogP contribution in [0.15, 0.2) is 38.8 Å². The molecule has 0 radical (unpaired) electrons. The summed E-state index contributed by atoms with van der Waals surface area (Å²) in [5, 5.41) is 13.6. The van der Waals surface area contributed by atoms with Crippen LogP contribution in [0.3, 0.4) is 0 Å². The van der Waals surface area contributed by atoms with Gasteiger partial charge in [-0.3, -0.25) is 9.36 Å². The third kappa shape index (κ3) is 6.40. The van der Waals surface area contributed by atoms with E-state index in [1.165, 1.54) is 25.1 Å². The van der Waals surface area contributed by atoms with Crippen molar-refractivity contribution in [3.05, 3.63) is 71.8 Å². The molecule has 4 N–H and O–H groups in total. The lowest BCUT2D eigenvalue weighted by Gasteiger charge is -2.25. The quantitative estimate of drug-likeness (QED) is 0.295. The first kappa shape index (κ1) is 30.9. The van der Waals surface area contributed by atoms with E-state index in [1.54, 1.807) is 0 Å². The van der Waals surface area contributed by atoms with Gasteiger partial charge in [0, 0.05) is 11.1 Å². The number of aromatic nitrogens is 2. The van der Waals surface area contributed by atoms with Gasteiger partial charge in [0.2, 0.25) is 0 Å². The number of nitrogens with one attached hydrogen (secondary N) is 3. The van der Waals surface area contributed by atoms with Crippen molar-refractivity contribution < 1.29 is 31.5 Å². The summed E-state index contributed by atoms with van der Waals surface area (Å²) in [5.74, 6) is -0.607. The molecular weight excluding hydrogens is 612 g/mol. The maximum Gasteiger partial charge on any atom is 0.416 e. The Labute approximate surface area is 241 Å². The summed E-state index contributed by atoms with van der Waals surface area (Å²) in [7, 11) is -3.81. The number of alkyl halides is 3. The Hall–Kier alpha value is -3.07. The van der Waals surface area contributed by atoms with Crippen molar-refractivity contribution in [3.63, 3.8) is 0 Å². The molecule has 1 aliphatic rings. The molecule has 3 aromatic rings. The minimum Gasteiger partial charge on any atom is -0.465 e. The lowest BCUT2D eigenvalue weighted by molar-refractivity contribution is -0.138. The number of benzene rings is 2. The Kier molecular flexibility index (Phi) is 8.79. The van der Waals surface area contributed by atoms with Crippen LogP contribution in [0.4, 0.5) is 18.0 Å². The Morgan fingerprint density at radius 2 is 1.95 bits per heavy atom. The van der Waals surface area contributed by atoms with Gasteiger partial charge in [-0.1, -0.05) is 30.1 Å². The van der Waals surface area contributed by atoms with Gasteiger partial charge in [0.1, 0.15) is 0 Å². The van der Waals surface area contributed by atoms with Crippen molar-refractivity contribution in [2.24, 2.45) is 5.92 Å². The normalized spacial score (nSPS) is 16.7. The smallest absolute Gasteiger partial charge is 0.416 e. The topological polar surface area (TPSA) is 150 Å². The summed E-state index contributed by atoms with van der Waals surface area (Å²) < 4.78 is 68.7. The number of H-pyrrole nitrogens is 1. The van der Waals surface area contributed by atoms with Gasteiger partial charge >= 0.3 is 18.0 Å². The van der Waals surface area contributed by atoms with Crippen LogP contribution < -0.4 is 21.9 Å². The van der Waals surface area contributed by atoms with Crippen molar-refractivity contribution >= 4 is 50.0 Å². The molecule has 0 spiro atoms. The first-order valence-corrected chi connectivity index (χ1v) is 14.8. The third-order valence-electron chi connectivity index (χ3n) is 7.09. The van der Waals surface area contributed by atoms with Crippen LogP contribution in [0.5, 0.6) is 0 Å². The number of nitrogens with zero attached hydrogens (tertiary/aromatic N) is 1. The summed E-state index contributed by atoms with van der Waals surface area (Å²) in [4.78, 5) is 40.1. The van der Waals surface area contributed by atoms with Gasteiger partial charge in [0.15, 0.2) is 9.84 Å². The molecule has 0 bridgehead atoms. The van der Waals surface area contributed by atoms with Crippen LogP contribution in [0.25, 0.3) is 10.9 Å². The van der Waals surface area contributed by atoms with Crippen LogP contribution >= 0.6 is 23.2 Å². The number of hydrogen-bond donors (Lipinski definition) is 4. The molecule has 1 amide bonds. The molecule has 1 aliphatic heterocycles. The third-order valence-corrected chi connectivity index (χ3v) is 9.57. The van der Waals surface area contributed by atoms with Gasteiger partial charge < -0.3 is 20.7 Å². The maximum absolute atomic E-state index is 14.3. The number of carbonyl (C=O) groups is 1. The van der Waals surface area contributed by atoms with Crippen molar-refractivity contribution in [1.82, 2.24) is 20.2 Å². The number of fused-ring (bicyclic) bond motifs is 1. The number of sulfone groups is 1. The highest BCUT2D eigenvalue weighted by Crippen LogP contribution is 2.39. The molecule has 0 aliphatic carbocycles. The van der Waals surface area contributed by atoms with Gasteiger partial charge in [0.05, 0.1) is 38.7 Å². The monoisotopic (exact) mass is 636 g/mol. The number of rotatable bonds is 8. The predicted molar refractivity (Wildman–Crippen MR) is 147 cm³/mol. The molecule has 4 rings (SSSR count). The summed E-state index contributed by atoms with van der Waals surface area (Å²) in [6.45, 7) is 1.74. The van der Waals surface area contributed by atoms with Gasteiger partial charge in [0.25, 0.3) is 5.56 Å². The average Bonchev–Trinajstić information content (AvgIpc) is 3.42. The van der Waals surface area contributed by atoms with E-state index in [-0.39, 0.29) is 32.7 Å². The minimum atomic E-state index is -4.99. The van der Waals surface area contributed by atoms with E-state index in [1.807, 2.05) is 0 Å². The fraction of sp³-hybridized carbons (Fsp3) is 0.400. The molecule has 2 aromatic carbocycles. The van der Waals surface area contributed by atoms with Crippen LogP contribution in [0, 0.1) is 5.92 Å². The highest BCUT2D eigenvalue weighted by Gasteiger charge is 2.38. The van der Waals surface area contributed by atoms with Crippen molar-refractivity contribution in [2.45, 2.75) is 43.4 Å². The van der Waals surface area contributed by atoms with Gasteiger partial charge in [-0.2, -0.15) is 13.2 Å². The summed E-state index contributed by atoms with van der Waals surface area (Å²) >= 11 is 12.4. The first-order chi connectivity index (χ1) is 19.1. The SMILES string of the molecule is CCS(=O)(=O)c1ccc(Cl)cc1Cn1c(=O)[nH]c2c(Cl)c(C[C@H](NC(=O)O)C3CCNC3)c(C(F)(F)F)cc2c1=O. The molecule has 1 unspecified atom stereocenters. The molecular formula is C25H25Cl2F3N4O6S. The van der Waals surface area contributed by atoms with Gasteiger partial charge in [-0.05, 0) is 67.2 Å². The van der Waals surface area contributed by atoms with Gasteiger partial charge in [-0.25, -0.2) is 18.0 Å². The molecule has 10 nitrogen and oxygen atoms in total. The van der Waals surface area contributed by atoms with Crippen LogP contribution in [0.2, 0.25) is 10.0 Å². The molecule has 1 saturated heterocycles.